The van der Waals surface area contributed by atoms with E-state index in [9.17, 15) is 23.6 Å². The van der Waals surface area contributed by atoms with Gasteiger partial charge in [0.25, 0.3) is 11.8 Å². The molecule has 0 radical (unpaired) electrons. The van der Waals surface area contributed by atoms with Crippen molar-refractivity contribution in [2.24, 2.45) is 0 Å². The molecule has 4 rings (SSSR count). The molecule has 3 aromatic carbocycles. The number of ether oxygens (including phenoxy) is 1. The van der Waals surface area contributed by atoms with E-state index in [0.29, 0.717) is 16.8 Å². The Balaban J connectivity index is 1.67. The topological polar surface area (TPSA) is 84.0 Å². The quantitative estimate of drug-likeness (QED) is 0.400. The van der Waals surface area contributed by atoms with Crippen LogP contribution in [0.3, 0.4) is 0 Å². The van der Waals surface area contributed by atoms with E-state index in [2.05, 4.69) is 4.74 Å². The van der Waals surface area contributed by atoms with Crippen LogP contribution in [0.15, 0.2) is 72.8 Å². The average Bonchev–Trinajstić information content (AvgIpc) is 3.16. The number of esters is 1. The number of hydrogen-bond donors (Lipinski definition) is 0. The first-order valence-electron chi connectivity index (χ1n) is 11.0. The molecule has 1 fully saturated rings. The van der Waals surface area contributed by atoms with Crippen LogP contribution in [0.1, 0.15) is 38.3 Å². The van der Waals surface area contributed by atoms with Crippen molar-refractivity contribution in [3.8, 4) is 0 Å². The first kappa shape index (κ1) is 23.8. The number of anilines is 1. The maximum absolute atomic E-state index is 13.6. The number of halogens is 1. The summed E-state index contributed by atoms with van der Waals surface area (Å²) in [5, 5.41) is 0. The summed E-state index contributed by atoms with van der Waals surface area (Å²) in [5.41, 5.74) is 2.33. The lowest BCUT2D eigenvalue weighted by molar-refractivity contribution is -0.122. The zero-order valence-corrected chi connectivity index (χ0v) is 19.2. The first-order valence-corrected chi connectivity index (χ1v) is 11.0. The van der Waals surface area contributed by atoms with Gasteiger partial charge in [-0.25, -0.2) is 14.1 Å². The number of hydrogen-bond acceptors (Lipinski definition) is 5. The van der Waals surface area contributed by atoms with Gasteiger partial charge < -0.3 is 9.64 Å². The maximum Gasteiger partial charge on any atom is 0.337 e. The van der Waals surface area contributed by atoms with Gasteiger partial charge in [-0.05, 0) is 60.5 Å². The van der Waals surface area contributed by atoms with Crippen molar-refractivity contribution in [3.05, 3.63) is 101 Å². The second-order valence-electron chi connectivity index (χ2n) is 8.20. The summed E-state index contributed by atoms with van der Waals surface area (Å²) in [6.45, 7) is 1.81. The Morgan fingerprint density at radius 1 is 1.00 bits per heavy atom. The number of imide groups is 1. The highest BCUT2D eigenvalue weighted by Crippen LogP contribution is 2.28. The Bertz CT molecular complexity index is 1290. The Morgan fingerprint density at radius 3 is 2.29 bits per heavy atom. The summed E-state index contributed by atoms with van der Waals surface area (Å²) in [6.07, 6.45) is -0.198. The van der Waals surface area contributed by atoms with Gasteiger partial charge in [-0.15, -0.1) is 0 Å². The second kappa shape index (κ2) is 9.89. The van der Waals surface area contributed by atoms with Gasteiger partial charge in [0.15, 0.2) is 0 Å². The molecule has 8 heteroatoms. The van der Waals surface area contributed by atoms with Crippen molar-refractivity contribution in [2.75, 3.05) is 12.0 Å². The summed E-state index contributed by atoms with van der Waals surface area (Å²) in [5.74, 6) is -2.37. The van der Waals surface area contributed by atoms with Gasteiger partial charge >= 0.3 is 5.97 Å². The fourth-order valence-electron chi connectivity index (χ4n) is 4.07. The van der Waals surface area contributed by atoms with Crippen LogP contribution in [-0.4, -0.2) is 41.7 Å². The van der Waals surface area contributed by atoms with E-state index in [1.165, 1.54) is 60.5 Å². The van der Waals surface area contributed by atoms with E-state index in [1.807, 2.05) is 0 Å². The van der Waals surface area contributed by atoms with Crippen LogP contribution in [0.25, 0.3) is 0 Å². The average molecular weight is 474 g/mol. The van der Waals surface area contributed by atoms with Gasteiger partial charge in [0.05, 0.1) is 24.8 Å². The SMILES string of the molecule is COC(=O)c1ccc(N2C(=O)CC(N(Cc3ccc(F)cc3)C(=O)c3ccccc3C)C2=O)cc1. The van der Waals surface area contributed by atoms with Crippen molar-refractivity contribution in [1.29, 1.82) is 0 Å². The fraction of sp³-hybridized carbons (Fsp3) is 0.185. The maximum atomic E-state index is 13.6. The predicted octanol–water partition coefficient (Wildman–Crippen LogP) is 3.90. The fourth-order valence-corrected chi connectivity index (χ4v) is 4.07. The number of methoxy groups -OCH3 is 1. The standard InChI is InChI=1S/C27H23FN2O5/c1-17-5-3-4-6-22(17)25(32)29(16-18-7-11-20(28)12-8-18)23-15-24(31)30(26(23)33)21-13-9-19(10-14-21)27(34)35-2/h3-14,23H,15-16H2,1-2H3. The smallest absolute Gasteiger partial charge is 0.337 e. The van der Waals surface area contributed by atoms with E-state index in [1.54, 1.807) is 31.2 Å². The zero-order valence-electron chi connectivity index (χ0n) is 19.2. The molecule has 178 valence electrons. The normalized spacial score (nSPS) is 15.3. The molecular formula is C27H23FN2O5. The van der Waals surface area contributed by atoms with Crippen LogP contribution in [-0.2, 0) is 20.9 Å². The van der Waals surface area contributed by atoms with Crippen LogP contribution < -0.4 is 4.90 Å². The lowest BCUT2D eigenvalue weighted by Gasteiger charge is -2.28. The number of amides is 3. The molecule has 1 heterocycles. The van der Waals surface area contributed by atoms with Crippen LogP contribution >= 0.6 is 0 Å². The van der Waals surface area contributed by atoms with Crippen molar-refractivity contribution in [2.45, 2.75) is 25.9 Å². The third kappa shape index (κ3) is 4.82. The molecule has 7 nitrogen and oxygen atoms in total. The summed E-state index contributed by atoms with van der Waals surface area (Å²) in [6, 6.07) is 17.5. The molecule has 35 heavy (non-hydrogen) atoms. The van der Waals surface area contributed by atoms with Gasteiger partial charge in [-0.3, -0.25) is 14.4 Å². The summed E-state index contributed by atoms with van der Waals surface area (Å²) >= 11 is 0. The summed E-state index contributed by atoms with van der Waals surface area (Å²) in [7, 11) is 1.26. The highest BCUT2D eigenvalue weighted by molar-refractivity contribution is 6.23. The van der Waals surface area contributed by atoms with Crippen LogP contribution in [0, 0.1) is 12.7 Å². The van der Waals surface area contributed by atoms with Gasteiger partial charge in [0.2, 0.25) is 5.91 Å². The molecule has 0 N–H and O–H groups in total. The number of benzene rings is 3. The number of carbonyl (C=O) groups excluding carboxylic acids is 4. The monoisotopic (exact) mass is 474 g/mol. The van der Waals surface area contributed by atoms with Crippen molar-refractivity contribution in [1.82, 2.24) is 4.90 Å². The van der Waals surface area contributed by atoms with Gasteiger partial charge in [0.1, 0.15) is 11.9 Å². The lowest BCUT2D eigenvalue weighted by Crippen LogP contribution is -2.45. The molecule has 0 spiro atoms. The molecule has 1 aliphatic rings. The molecule has 1 saturated heterocycles. The zero-order chi connectivity index (χ0) is 25.1. The van der Waals surface area contributed by atoms with Gasteiger partial charge in [-0.2, -0.15) is 0 Å². The van der Waals surface area contributed by atoms with Crippen LogP contribution in [0.4, 0.5) is 10.1 Å². The van der Waals surface area contributed by atoms with E-state index in [0.717, 1.165) is 10.5 Å². The molecule has 0 aliphatic carbocycles. The Kier molecular flexibility index (Phi) is 6.73. The molecule has 1 atom stereocenters. The molecule has 0 aromatic heterocycles. The molecule has 1 unspecified atom stereocenters. The van der Waals surface area contributed by atoms with E-state index >= 15 is 0 Å². The molecule has 0 saturated carbocycles. The Hall–Kier alpha value is -4.33. The van der Waals surface area contributed by atoms with E-state index < -0.39 is 35.5 Å². The third-order valence-corrected chi connectivity index (χ3v) is 5.95. The Labute approximate surface area is 201 Å². The molecule has 3 aromatic rings. The second-order valence-corrected chi connectivity index (χ2v) is 8.20. The number of carbonyl (C=O) groups is 4. The van der Waals surface area contributed by atoms with Gasteiger partial charge in [-0.1, -0.05) is 30.3 Å². The van der Waals surface area contributed by atoms with Crippen molar-refractivity contribution >= 4 is 29.4 Å². The minimum absolute atomic E-state index is 0.0201. The lowest BCUT2D eigenvalue weighted by atomic mass is 10.0. The first-order chi connectivity index (χ1) is 16.8. The highest BCUT2D eigenvalue weighted by Gasteiger charge is 2.44. The third-order valence-electron chi connectivity index (χ3n) is 5.95. The number of rotatable bonds is 6. The Morgan fingerprint density at radius 2 is 1.66 bits per heavy atom. The number of nitrogens with zero attached hydrogens (tertiary/aromatic N) is 2. The predicted molar refractivity (Wildman–Crippen MR) is 126 cm³/mol. The summed E-state index contributed by atoms with van der Waals surface area (Å²) in [4.78, 5) is 54.1. The molecular weight excluding hydrogens is 451 g/mol. The van der Waals surface area contributed by atoms with Crippen molar-refractivity contribution < 1.29 is 28.3 Å². The largest absolute Gasteiger partial charge is 0.465 e. The van der Waals surface area contributed by atoms with Crippen LogP contribution in [0.2, 0.25) is 0 Å². The van der Waals surface area contributed by atoms with Gasteiger partial charge in [0, 0.05) is 12.1 Å². The molecule has 1 aliphatic heterocycles. The summed E-state index contributed by atoms with van der Waals surface area (Å²) < 4.78 is 18.1. The highest BCUT2D eigenvalue weighted by atomic mass is 19.1. The minimum Gasteiger partial charge on any atom is -0.465 e. The minimum atomic E-state index is -1.04. The van der Waals surface area contributed by atoms with Crippen LogP contribution in [0.5, 0.6) is 0 Å². The van der Waals surface area contributed by atoms with E-state index in [-0.39, 0.29) is 18.5 Å². The van der Waals surface area contributed by atoms with Crippen molar-refractivity contribution in [3.63, 3.8) is 0 Å². The molecule has 0 bridgehead atoms. The van der Waals surface area contributed by atoms with E-state index in [4.69, 9.17) is 0 Å². The molecule has 3 amide bonds. The number of aryl methyl sites for hydroxylation is 1.